The number of amides is 1. The Morgan fingerprint density at radius 2 is 2.03 bits per heavy atom. The lowest BCUT2D eigenvalue weighted by Gasteiger charge is -2.29. The zero-order chi connectivity index (χ0) is 22.3. The molecule has 164 valence electrons. The fraction of sp³-hybridized carbons (Fsp3) is 0.550. The molecule has 10 heteroatoms. The molecule has 2 N–H and O–H groups in total. The van der Waals surface area contributed by atoms with Gasteiger partial charge in [0.05, 0.1) is 5.94 Å². The van der Waals surface area contributed by atoms with Crippen LogP contribution in [0.25, 0.3) is 0 Å². The number of unbranched alkanes of at least 4 members (excludes halogenated alkanes) is 1. The topological polar surface area (TPSA) is 120 Å². The van der Waals surface area contributed by atoms with Gasteiger partial charge in [-0.25, -0.2) is 9.59 Å². The third kappa shape index (κ3) is 5.96. The van der Waals surface area contributed by atoms with Crippen molar-refractivity contribution in [2.75, 3.05) is 13.9 Å². The van der Waals surface area contributed by atoms with Gasteiger partial charge in [-0.2, -0.15) is 0 Å². The lowest BCUT2D eigenvalue weighted by atomic mass is 9.72. The molecular weight excluding hydrogens is 393 g/mol. The Balaban J connectivity index is 2.01. The van der Waals surface area contributed by atoms with E-state index < -0.39 is 37.4 Å². The Bertz CT molecular complexity index is 782. The van der Waals surface area contributed by atoms with Crippen molar-refractivity contribution in [1.29, 1.82) is 0 Å². The van der Waals surface area contributed by atoms with Gasteiger partial charge in [0.25, 0.3) is 0 Å². The van der Waals surface area contributed by atoms with Crippen molar-refractivity contribution in [1.82, 2.24) is 5.32 Å². The van der Waals surface area contributed by atoms with Gasteiger partial charge in [-0.15, -0.1) is 0 Å². The molecule has 1 atom stereocenters. The monoisotopic (exact) mass is 421 g/mol. The number of ether oxygens (including phenoxy) is 3. The molecule has 2 rings (SSSR count). The van der Waals surface area contributed by atoms with Crippen LogP contribution < -0.4 is 9.97 Å². The smallest absolute Gasteiger partial charge is 0.534 e. The summed E-state index contributed by atoms with van der Waals surface area (Å²) >= 11 is 0. The molecule has 0 radical (unpaired) electrons. The van der Waals surface area contributed by atoms with Crippen molar-refractivity contribution >= 4 is 25.0 Å². The minimum atomic E-state index is -1.31. The second-order valence-corrected chi connectivity index (χ2v) is 7.48. The first-order valence-electron chi connectivity index (χ1n) is 9.85. The highest BCUT2D eigenvalue weighted by atomic mass is 16.7. The molecule has 30 heavy (non-hydrogen) atoms. The van der Waals surface area contributed by atoms with E-state index in [0.717, 1.165) is 12.8 Å². The van der Waals surface area contributed by atoms with E-state index in [0.29, 0.717) is 18.4 Å². The van der Waals surface area contributed by atoms with Crippen LogP contribution in [0.2, 0.25) is 0 Å². The minimum absolute atomic E-state index is 0.0874. The van der Waals surface area contributed by atoms with Gasteiger partial charge in [-0.3, -0.25) is 4.79 Å². The summed E-state index contributed by atoms with van der Waals surface area (Å²) in [6, 6.07) is 4.87. The Labute approximate surface area is 176 Å². The maximum absolute atomic E-state index is 12.4. The van der Waals surface area contributed by atoms with E-state index in [1.807, 2.05) is 6.92 Å². The molecule has 0 bridgehead atoms. The summed E-state index contributed by atoms with van der Waals surface area (Å²) in [7, 11) is 0.0587. The summed E-state index contributed by atoms with van der Waals surface area (Å²) in [5.41, 5.74) is -0.431. The average molecular weight is 421 g/mol. The van der Waals surface area contributed by atoms with Gasteiger partial charge < -0.3 is 29.2 Å². The molecule has 0 saturated carbocycles. The summed E-state index contributed by atoms with van der Waals surface area (Å²) in [6.07, 6.45) is 2.32. The Morgan fingerprint density at radius 3 is 2.70 bits per heavy atom. The molecule has 1 aromatic carbocycles. The first kappa shape index (κ1) is 23.7. The molecule has 0 unspecified atom stereocenters. The summed E-state index contributed by atoms with van der Waals surface area (Å²) in [4.78, 5) is 36.2. The molecule has 0 saturated heterocycles. The van der Waals surface area contributed by atoms with Gasteiger partial charge in [0.1, 0.15) is 11.3 Å². The quantitative estimate of drug-likeness (QED) is 0.349. The normalized spacial score (nSPS) is 15.6. The van der Waals surface area contributed by atoms with E-state index in [-0.39, 0.29) is 17.2 Å². The molecule has 0 aliphatic carbocycles. The van der Waals surface area contributed by atoms with Crippen molar-refractivity contribution in [3.63, 3.8) is 0 Å². The number of nitrogens with one attached hydrogen (secondary N) is 1. The fourth-order valence-corrected chi connectivity index (χ4v) is 2.80. The zero-order valence-corrected chi connectivity index (χ0v) is 17.7. The first-order chi connectivity index (χ1) is 14.2. The molecular formula is C20H28BNO8. The van der Waals surface area contributed by atoms with Crippen molar-refractivity contribution in [3.05, 3.63) is 29.3 Å². The maximum Gasteiger partial charge on any atom is 0.547 e. The molecule has 0 spiro atoms. The fourth-order valence-electron chi connectivity index (χ4n) is 2.80. The third-order valence-corrected chi connectivity index (χ3v) is 4.82. The van der Waals surface area contributed by atoms with Crippen LogP contribution in [0, 0.1) is 0 Å². The molecule has 9 nitrogen and oxygen atoms in total. The Morgan fingerprint density at radius 1 is 1.30 bits per heavy atom. The highest BCUT2D eigenvalue weighted by Gasteiger charge is 2.38. The van der Waals surface area contributed by atoms with Gasteiger partial charge in [-0.05, 0) is 38.3 Å². The van der Waals surface area contributed by atoms with E-state index >= 15 is 0 Å². The number of para-hydroxylation sites is 1. The number of methoxy groups -OCH3 is 1. The molecule has 1 amide bonds. The number of hydrogen-bond acceptors (Lipinski definition) is 8. The molecule has 1 heterocycles. The third-order valence-electron chi connectivity index (χ3n) is 4.82. The first-order valence-corrected chi connectivity index (χ1v) is 9.85. The summed E-state index contributed by atoms with van der Waals surface area (Å²) in [5, 5.41) is 13.0. The van der Waals surface area contributed by atoms with Crippen LogP contribution in [0.15, 0.2) is 18.2 Å². The number of hydrogen-bond donors (Lipinski definition) is 2. The highest BCUT2D eigenvalue weighted by Crippen LogP contribution is 2.30. The van der Waals surface area contributed by atoms with Crippen molar-refractivity contribution in [2.24, 2.45) is 0 Å². The van der Waals surface area contributed by atoms with Gasteiger partial charge in [-0.1, -0.05) is 25.5 Å². The van der Waals surface area contributed by atoms with Gasteiger partial charge >= 0.3 is 19.1 Å². The number of esters is 2. The van der Waals surface area contributed by atoms with Crippen molar-refractivity contribution < 1.29 is 38.3 Å². The molecule has 1 aromatic rings. The van der Waals surface area contributed by atoms with Crippen molar-refractivity contribution in [3.8, 4) is 5.75 Å². The van der Waals surface area contributed by atoms with Crippen LogP contribution in [-0.4, -0.2) is 55.4 Å². The Hall–Kier alpha value is -2.59. The number of carbonyl (C=O) groups is 3. The van der Waals surface area contributed by atoms with Gasteiger partial charge in [0.15, 0.2) is 5.60 Å². The van der Waals surface area contributed by atoms with Crippen LogP contribution in [0.5, 0.6) is 5.75 Å². The second-order valence-electron chi connectivity index (χ2n) is 7.48. The van der Waals surface area contributed by atoms with Crippen LogP contribution in [0.4, 0.5) is 0 Å². The van der Waals surface area contributed by atoms with Crippen molar-refractivity contribution in [2.45, 2.75) is 58.0 Å². The van der Waals surface area contributed by atoms with E-state index in [1.54, 1.807) is 12.1 Å². The highest BCUT2D eigenvalue weighted by molar-refractivity contribution is 6.47. The predicted molar refractivity (Wildman–Crippen MR) is 108 cm³/mol. The lowest BCUT2D eigenvalue weighted by Crippen LogP contribution is -2.53. The minimum Gasteiger partial charge on any atom is -0.534 e. The lowest BCUT2D eigenvalue weighted by molar-refractivity contribution is -0.173. The largest absolute Gasteiger partial charge is 0.547 e. The number of benzene rings is 1. The van der Waals surface area contributed by atoms with Gasteiger partial charge in [0.2, 0.25) is 12.7 Å². The number of rotatable bonds is 9. The van der Waals surface area contributed by atoms with E-state index in [9.17, 15) is 19.4 Å². The van der Waals surface area contributed by atoms with Gasteiger partial charge in [0, 0.05) is 13.5 Å². The van der Waals surface area contributed by atoms with Crippen LogP contribution in [0.1, 0.15) is 56.0 Å². The van der Waals surface area contributed by atoms with E-state index in [2.05, 4.69) is 5.32 Å². The second kappa shape index (κ2) is 10.4. The molecule has 1 aliphatic rings. The summed E-state index contributed by atoms with van der Waals surface area (Å²) in [5.74, 6) is -2.05. The summed E-state index contributed by atoms with van der Waals surface area (Å²) in [6.45, 7) is 4.45. The SMILES string of the molecule is CCCCC(=O)N[C@H]1Cc2cccc(C(=O)OCOC(=O)C(C)(C)OC)c2OB1O. The van der Waals surface area contributed by atoms with Crippen LogP contribution in [-0.2, 0) is 30.2 Å². The standard InChI is InChI=1S/C20H28BNO8/c1-5-6-10-16(23)22-15-11-13-8-7-9-14(17(13)30-21(15)26)18(24)28-12-29-19(25)20(2,3)27-4/h7-9,15,26H,5-6,10-12H2,1-4H3,(H,22,23)/t15-/m0/s1. The summed E-state index contributed by atoms with van der Waals surface area (Å²) < 4.78 is 20.4. The van der Waals surface area contributed by atoms with Crippen LogP contribution >= 0.6 is 0 Å². The molecule has 0 fully saturated rings. The number of fused-ring (bicyclic) bond motifs is 1. The number of carbonyl (C=O) groups excluding carboxylic acids is 3. The maximum atomic E-state index is 12.4. The molecule has 0 aromatic heterocycles. The Kier molecular flexibility index (Phi) is 8.25. The predicted octanol–water partition coefficient (Wildman–Crippen LogP) is 1.40. The zero-order valence-electron chi connectivity index (χ0n) is 17.7. The van der Waals surface area contributed by atoms with E-state index in [4.69, 9.17) is 18.9 Å². The van der Waals surface area contributed by atoms with Crippen LogP contribution in [0.3, 0.4) is 0 Å². The average Bonchev–Trinajstić information content (AvgIpc) is 2.72. The van der Waals surface area contributed by atoms with E-state index in [1.165, 1.54) is 27.0 Å². The molecule has 1 aliphatic heterocycles.